The highest BCUT2D eigenvalue weighted by Crippen LogP contribution is 2.22. The summed E-state index contributed by atoms with van der Waals surface area (Å²) < 4.78 is 39.3. The van der Waals surface area contributed by atoms with Crippen molar-refractivity contribution in [2.75, 3.05) is 32.7 Å². The summed E-state index contributed by atoms with van der Waals surface area (Å²) in [5.74, 6) is -4.09. The maximum Gasteiger partial charge on any atom is 0.194 e. The molecule has 1 unspecified atom stereocenters. The van der Waals surface area contributed by atoms with Crippen LogP contribution in [0.25, 0.3) is 0 Å². The van der Waals surface area contributed by atoms with Crippen molar-refractivity contribution >= 4 is 0 Å². The average molecular weight is 260 g/mol. The van der Waals surface area contributed by atoms with Gasteiger partial charge in [-0.1, -0.05) is 6.07 Å². The lowest BCUT2D eigenvalue weighted by atomic mass is 10.1. The van der Waals surface area contributed by atoms with E-state index in [1.165, 1.54) is 0 Å². The number of aliphatic hydroxyl groups excluding tert-OH is 1. The van der Waals surface area contributed by atoms with Crippen LogP contribution in [0.1, 0.15) is 11.7 Å². The summed E-state index contributed by atoms with van der Waals surface area (Å²) in [6, 6.07) is 1.91. The standard InChI is InChI=1S/C12H15F3N2O/c13-9-2-1-8(11(14)12(9)15)10(18)7-17-5-3-16-4-6-17/h1-2,10,16,18H,3-7H2. The molecule has 3 nitrogen and oxygen atoms in total. The van der Waals surface area contributed by atoms with Gasteiger partial charge in [-0.05, 0) is 6.07 Å². The van der Waals surface area contributed by atoms with Gasteiger partial charge in [-0.3, -0.25) is 4.90 Å². The smallest absolute Gasteiger partial charge is 0.194 e. The number of piperazine rings is 1. The van der Waals surface area contributed by atoms with Crippen LogP contribution in [0.5, 0.6) is 0 Å². The first-order valence-corrected chi connectivity index (χ1v) is 5.84. The van der Waals surface area contributed by atoms with Crippen molar-refractivity contribution in [3.05, 3.63) is 35.1 Å². The monoisotopic (exact) mass is 260 g/mol. The van der Waals surface area contributed by atoms with E-state index in [0.717, 1.165) is 38.3 Å². The molecule has 2 rings (SSSR count). The first-order valence-electron chi connectivity index (χ1n) is 5.84. The maximum atomic E-state index is 13.5. The van der Waals surface area contributed by atoms with Gasteiger partial charge in [0, 0.05) is 38.3 Å². The number of nitrogens with one attached hydrogen (secondary N) is 1. The molecule has 1 fully saturated rings. The van der Waals surface area contributed by atoms with E-state index in [1.54, 1.807) is 0 Å². The van der Waals surface area contributed by atoms with E-state index in [2.05, 4.69) is 5.32 Å². The molecule has 18 heavy (non-hydrogen) atoms. The van der Waals surface area contributed by atoms with E-state index in [4.69, 9.17) is 0 Å². The van der Waals surface area contributed by atoms with Gasteiger partial charge < -0.3 is 10.4 Å². The third-order valence-corrected chi connectivity index (χ3v) is 3.06. The van der Waals surface area contributed by atoms with Crippen LogP contribution in [0.4, 0.5) is 13.2 Å². The molecule has 1 saturated heterocycles. The number of benzene rings is 1. The van der Waals surface area contributed by atoms with Gasteiger partial charge in [0.15, 0.2) is 17.5 Å². The summed E-state index contributed by atoms with van der Waals surface area (Å²) in [6.07, 6.45) is -1.15. The second-order valence-corrected chi connectivity index (χ2v) is 4.33. The van der Waals surface area contributed by atoms with Crippen molar-refractivity contribution in [3.8, 4) is 0 Å². The van der Waals surface area contributed by atoms with E-state index >= 15 is 0 Å². The fraction of sp³-hybridized carbons (Fsp3) is 0.500. The number of rotatable bonds is 3. The van der Waals surface area contributed by atoms with Crippen LogP contribution < -0.4 is 5.32 Å². The molecule has 0 aromatic heterocycles. The highest BCUT2D eigenvalue weighted by Gasteiger charge is 2.21. The van der Waals surface area contributed by atoms with Crippen molar-refractivity contribution < 1.29 is 18.3 Å². The highest BCUT2D eigenvalue weighted by molar-refractivity contribution is 5.22. The van der Waals surface area contributed by atoms with Crippen molar-refractivity contribution in [2.24, 2.45) is 0 Å². The fourth-order valence-electron chi connectivity index (χ4n) is 2.03. The Morgan fingerprint density at radius 2 is 1.83 bits per heavy atom. The first-order chi connectivity index (χ1) is 8.59. The van der Waals surface area contributed by atoms with Gasteiger partial charge in [0.2, 0.25) is 0 Å². The second kappa shape index (κ2) is 5.69. The molecule has 1 aromatic carbocycles. The number of halogens is 3. The van der Waals surface area contributed by atoms with Crippen LogP contribution in [-0.4, -0.2) is 42.7 Å². The van der Waals surface area contributed by atoms with Gasteiger partial charge in [-0.15, -0.1) is 0 Å². The van der Waals surface area contributed by atoms with E-state index in [-0.39, 0.29) is 12.1 Å². The Morgan fingerprint density at radius 3 is 2.50 bits per heavy atom. The Hall–Kier alpha value is -1.11. The van der Waals surface area contributed by atoms with Gasteiger partial charge in [-0.2, -0.15) is 0 Å². The normalized spacial score (nSPS) is 18.9. The molecule has 0 radical (unpaired) electrons. The quantitative estimate of drug-likeness (QED) is 0.797. The largest absolute Gasteiger partial charge is 0.387 e. The predicted octanol–water partition coefficient (Wildman–Crippen LogP) is 1.04. The molecule has 0 spiro atoms. The SMILES string of the molecule is OC(CN1CCNCC1)c1ccc(F)c(F)c1F. The van der Waals surface area contributed by atoms with Gasteiger partial charge in [-0.25, -0.2) is 13.2 Å². The molecule has 1 aliphatic rings. The molecular weight excluding hydrogens is 245 g/mol. The minimum atomic E-state index is -1.54. The minimum Gasteiger partial charge on any atom is -0.387 e. The molecule has 0 saturated carbocycles. The third-order valence-electron chi connectivity index (χ3n) is 3.06. The molecule has 0 bridgehead atoms. The molecule has 6 heteroatoms. The lowest BCUT2D eigenvalue weighted by Crippen LogP contribution is -2.45. The van der Waals surface area contributed by atoms with Crippen molar-refractivity contribution in [2.45, 2.75) is 6.10 Å². The molecule has 100 valence electrons. The van der Waals surface area contributed by atoms with Crippen LogP contribution in [-0.2, 0) is 0 Å². The Labute approximate surface area is 103 Å². The van der Waals surface area contributed by atoms with Crippen LogP contribution >= 0.6 is 0 Å². The maximum absolute atomic E-state index is 13.5. The summed E-state index contributed by atoms with van der Waals surface area (Å²) in [7, 11) is 0. The van der Waals surface area contributed by atoms with Gasteiger partial charge in [0.25, 0.3) is 0 Å². The zero-order valence-electron chi connectivity index (χ0n) is 9.80. The number of aliphatic hydroxyl groups is 1. The van der Waals surface area contributed by atoms with E-state index in [0.29, 0.717) is 0 Å². The zero-order valence-corrected chi connectivity index (χ0v) is 9.80. The van der Waals surface area contributed by atoms with Crippen LogP contribution in [0.2, 0.25) is 0 Å². The fourth-order valence-corrected chi connectivity index (χ4v) is 2.03. The second-order valence-electron chi connectivity index (χ2n) is 4.33. The van der Waals surface area contributed by atoms with Gasteiger partial charge >= 0.3 is 0 Å². The van der Waals surface area contributed by atoms with Crippen LogP contribution in [0.15, 0.2) is 12.1 Å². The first kappa shape index (κ1) is 13.3. The predicted molar refractivity (Wildman–Crippen MR) is 60.6 cm³/mol. The number of hydrogen-bond acceptors (Lipinski definition) is 3. The van der Waals surface area contributed by atoms with Gasteiger partial charge in [0.05, 0.1) is 6.10 Å². The third kappa shape index (κ3) is 2.82. The molecule has 1 aliphatic heterocycles. The molecule has 0 amide bonds. The van der Waals surface area contributed by atoms with Gasteiger partial charge in [0.1, 0.15) is 0 Å². The van der Waals surface area contributed by atoms with Crippen LogP contribution in [0, 0.1) is 17.5 Å². The summed E-state index contributed by atoms with van der Waals surface area (Å²) in [5.41, 5.74) is -0.201. The Bertz CT molecular complexity index is 422. The average Bonchev–Trinajstić information content (AvgIpc) is 2.37. The number of β-amino-alcohol motifs (C(OH)–C–C–N with tert-alkyl or cyclic N) is 1. The molecule has 1 heterocycles. The molecule has 2 N–H and O–H groups in total. The molecular formula is C12H15F3N2O. The highest BCUT2D eigenvalue weighted by atomic mass is 19.2. The number of hydrogen-bond donors (Lipinski definition) is 2. The summed E-state index contributed by atoms with van der Waals surface area (Å²) >= 11 is 0. The summed E-state index contributed by atoms with van der Waals surface area (Å²) in [6.45, 7) is 3.29. The van der Waals surface area contributed by atoms with Crippen LogP contribution in [0.3, 0.4) is 0 Å². The Morgan fingerprint density at radius 1 is 1.17 bits per heavy atom. The van der Waals surface area contributed by atoms with Crippen molar-refractivity contribution in [1.82, 2.24) is 10.2 Å². The summed E-state index contributed by atoms with van der Waals surface area (Å²) in [4.78, 5) is 1.95. The molecule has 0 aliphatic carbocycles. The summed E-state index contributed by atoms with van der Waals surface area (Å²) in [5, 5.41) is 13.0. The topological polar surface area (TPSA) is 35.5 Å². The lowest BCUT2D eigenvalue weighted by Gasteiger charge is -2.29. The Balaban J connectivity index is 2.08. The minimum absolute atomic E-state index is 0.201. The van der Waals surface area contributed by atoms with Crippen molar-refractivity contribution in [3.63, 3.8) is 0 Å². The van der Waals surface area contributed by atoms with Crippen molar-refractivity contribution in [1.29, 1.82) is 0 Å². The lowest BCUT2D eigenvalue weighted by molar-refractivity contribution is 0.102. The van der Waals surface area contributed by atoms with E-state index in [9.17, 15) is 18.3 Å². The van der Waals surface area contributed by atoms with E-state index < -0.39 is 23.6 Å². The molecule has 1 atom stereocenters. The number of nitrogens with zero attached hydrogens (tertiary/aromatic N) is 1. The zero-order chi connectivity index (χ0) is 13.1. The molecule has 1 aromatic rings. The van der Waals surface area contributed by atoms with E-state index in [1.807, 2.05) is 4.90 Å². The Kier molecular flexibility index (Phi) is 4.21.